The minimum Gasteiger partial charge on any atom is -0.481 e. The summed E-state index contributed by atoms with van der Waals surface area (Å²) in [5.74, 6) is -0.903. The van der Waals surface area contributed by atoms with Gasteiger partial charge in [-0.2, -0.15) is 0 Å². The Kier molecular flexibility index (Phi) is 4.24. The summed E-state index contributed by atoms with van der Waals surface area (Å²) in [4.78, 5) is 24.5. The number of amides is 2. The summed E-state index contributed by atoms with van der Waals surface area (Å²) < 4.78 is 0. The standard InChI is InChI=1S/C13H24N2O3/c1-12(2)5-7-15(8-6-12)11(18)14-13(3,4)9-10(16)17/h5-9H2,1-4H3,(H,14,18)(H,16,17). The molecule has 0 unspecified atom stereocenters. The highest BCUT2D eigenvalue weighted by Gasteiger charge is 2.31. The first-order valence-corrected chi connectivity index (χ1v) is 6.40. The highest BCUT2D eigenvalue weighted by atomic mass is 16.4. The Morgan fingerprint density at radius 2 is 1.78 bits per heavy atom. The molecule has 0 aliphatic carbocycles. The van der Waals surface area contributed by atoms with Gasteiger partial charge in [0.15, 0.2) is 0 Å². The molecule has 1 fully saturated rings. The zero-order valence-electron chi connectivity index (χ0n) is 11.7. The largest absolute Gasteiger partial charge is 0.481 e. The van der Waals surface area contributed by atoms with Crippen LogP contribution in [0.2, 0.25) is 0 Å². The van der Waals surface area contributed by atoms with Crippen LogP contribution in [0, 0.1) is 5.41 Å². The maximum atomic E-state index is 12.0. The van der Waals surface area contributed by atoms with Crippen molar-refractivity contribution < 1.29 is 14.7 Å². The number of rotatable bonds is 3. The van der Waals surface area contributed by atoms with E-state index in [9.17, 15) is 9.59 Å². The zero-order valence-corrected chi connectivity index (χ0v) is 11.7. The Labute approximate surface area is 109 Å². The number of carboxylic acids is 1. The number of urea groups is 1. The molecule has 0 aromatic rings. The van der Waals surface area contributed by atoms with Crippen LogP contribution in [0.1, 0.15) is 47.0 Å². The van der Waals surface area contributed by atoms with E-state index in [1.807, 2.05) is 0 Å². The van der Waals surface area contributed by atoms with Gasteiger partial charge in [0.2, 0.25) is 0 Å². The first-order chi connectivity index (χ1) is 8.11. The van der Waals surface area contributed by atoms with E-state index >= 15 is 0 Å². The predicted molar refractivity (Wildman–Crippen MR) is 69.5 cm³/mol. The topological polar surface area (TPSA) is 69.6 Å². The van der Waals surface area contributed by atoms with Crippen LogP contribution in [-0.2, 0) is 4.79 Å². The summed E-state index contributed by atoms with van der Waals surface area (Å²) in [5.41, 5.74) is -0.413. The molecule has 5 heteroatoms. The van der Waals surface area contributed by atoms with Gasteiger partial charge in [0.1, 0.15) is 0 Å². The second kappa shape index (κ2) is 5.16. The molecule has 1 aliphatic heterocycles. The number of aliphatic carboxylic acids is 1. The number of hydrogen-bond donors (Lipinski definition) is 2. The second-order valence-corrected chi connectivity index (χ2v) is 6.54. The molecule has 0 bridgehead atoms. The molecule has 0 aromatic heterocycles. The highest BCUT2D eigenvalue weighted by molar-refractivity contribution is 5.76. The van der Waals surface area contributed by atoms with Crippen molar-refractivity contribution >= 4 is 12.0 Å². The van der Waals surface area contributed by atoms with E-state index < -0.39 is 11.5 Å². The third kappa shape index (κ3) is 4.55. The van der Waals surface area contributed by atoms with Crippen molar-refractivity contribution in [1.82, 2.24) is 10.2 Å². The molecule has 2 amide bonds. The summed E-state index contributed by atoms with van der Waals surface area (Å²) >= 11 is 0. The lowest BCUT2D eigenvalue weighted by atomic mass is 9.83. The Morgan fingerprint density at radius 3 is 2.22 bits per heavy atom. The van der Waals surface area contributed by atoms with Gasteiger partial charge in [-0.1, -0.05) is 13.8 Å². The lowest BCUT2D eigenvalue weighted by molar-refractivity contribution is -0.138. The smallest absolute Gasteiger partial charge is 0.317 e. The van der Waals surface area contributed by atoms with E-state index in [1.54, 1.807) is 18.7 Å². The average Bonchev–Trinajstić information content (AvgIpc) is 2.13. The van der Waals surface area contributed by atoms with Crippen LogP contribution in [0.15, 0.2) is 0 Å². The molecule has 104 valence electrons. The number of likely N-dealkylation sites (tertiary alicyclic amines) is 1. The minimum atomic E-state index is -0.903. The monoisotopic (exact) mass is 256 g/mol. The number of nitrogens with zero attached hydrogens (tertiary/aromatic N) is 1. The van der Waals surface area contributed by atoms with Gasteiger partial charge in [0.05, 0.1) is 6.42 Å². The van der Waals surface area contributed by atoms with Crippen molar-refractivity contribution in [3.8, 4) is 0 Å². The van der Waals surface area contributed by atoms with E-state index in [2.05, 4.69) is 19.2 Å². The average molecular weight is 256 g/mol. The van der Waals surface area contributed by atoms with E-state index in [-0.39, 0.29) is 12.5 Å². The van der Waals surface area contributed by atoms with Crippen molar-refractivity contribution in [2.75, 3.05) is 13.1 Å². The Balaban J connectivity index is 2.49. The van der Waals surface area contributed by atoms with E-state index in [0.29, 0.717) is 5.41 Å². The van der Waals surface area contributed by atoms with Crippen LogP contribution in [0.3, 0.4) is 0 Å². The van der Waals surface area contributed by atoms with Crippen molar-refractivity contribution in [1.29, 1.82) is 0 Å². The van der Waals surface area contributed by atoms with Crippen LogP contribution in [-0.4, -0.2) is 40.6 Å². The van der Waals surface area contributed by atoms with Gasteiger partial charge in [0.25, 0.3) is 0 Å². The number of nitrogens with one attached hydrogen (secondary N) is 1. The Hall–Kier alpha value is -1.26. The van der Waals surface area contributed by atoms with Gasteiger partial charge in [0, 0.05) is 18.6 Å². The van der Waals surface area contributed by atoms with Crippen molar-refractivity contribution in [3.05, 3.63) is 0 Å². The minimum absolute atomic E-state index is 0.0714. The summed E-state index contributed by atoms with van der Waals surface area (Å²) in [6.45, 7) is 9.34. The molecule has 18 heavy (non-hydrogen) atoms. The number of piperidine rings is 1. The number of hydrogen-bond acceptors (Lipinski definition) is 2. The molecule has 1 aliphatic rings. The maximum absolute atomic E-state index is 12.0. The van der Waals surface area contributed by atoms with E-state index in [1.165, 1.54) is 0 Å². The van der Waals surface area contributed by atoms with E-state index in [4.69, 9.17) is 5.11 Å². The first kappa shape index (κ1) is 14.8. The highest BCUT2D eigenvalue weighted by Crippen LogP contribution is 2.29. The fourth-order valence-corrected chi connectivity index (χ4v) is 2.11. The predicted octanol–water partition coefficient (Wildman–Crippen LogP) is 2.07. The molecule has 1 rings (SSSR count). The van der Waals surface area contributed by atoms with Gasteiger partial charge in [-0.25, -0.2) is 4.79 Å². The van der Waals surface area contributed by atoms with Crippen LogP contribution in [0.4, 0.5) is 4.79 Å². The van der Waals surface area contributed by atoms with Crippen LogP contribution in [0.5, 0.6) is 0 Å². The quantitative estimate of drug-likeness (QED) is 0.812. The molecule has 0 saturated carbocycles. The van der Waals surface area contributed by atoms with Crippen LogP contribution < -0.4 is 5.32 Å². The molecular weight excluding hydrogens is 232 g/mol. The molecule has 0 atom stereocenters. The van der Waals surface area contributed by atoms with Crippen molar-refractivity contribution in [3.63, 3.8) is 0 Å². The normalized spacial score (nSPS) is 19.4. The molecule has 1 heterocycles. The van der Waals surface area contributed by atoms with Crippen LogP contribution in [0.25, 0.3) is 0 Å². The fraction of sp³-hybridized carbons (Fsp3) is 0.846. The van der Waals surface area contributed by atoms with Gasteiger partial charge < -0.3 is 15.3 Å². The summed E-state index contributed by atoms with van der Waals surface area (Å²) in [6, 6.07) is -0.156. The SMILES string of the molecule is CC1(C)CCN(C(=O)NC(C)(C)CC(=O)O)CC1. The zero-order chi connectivity index (χ0) is 14.0. The molecule has 1 saturated heterocycles. The van der Waals surface area contributed by atoms with Crippen molar-refractivity contribution in [2.24, 2.45) is 5.41 Å². The third-order valence-corrected chi connectivity index (χ3v) is 3.44. The molecule has 0 radical (unpaired) electrons. The Morgan fingerprint density at radius 1 is 1.28 bits per heavy atom. The third-order valence-electron chi connectivity index (χ3n) is 3.44. The lowest BCUT2D eigenvalue weighted by Gasteiger charge is -2.38. The first-order valence-electron chi connectivity index (χ1n) is 6.40. The molecular formula is C13H24N2O3. The fourth-order valence-electron chi connectivity index (χ4n) is 2.11. The van der Waals surface area contributed by atoms with Crippen LogP contribution >= 0.6 is 0 Å². The van der Waals surface area contributed by atoms with Crippen molar-refractivity contribution in [2.45, 2.75) is 52.5 Å². The molecule has 0 aromatic carbocycles. The molecule has 2 N–H and O–H groups in total. The summed E-state index contributed by atoms with van der Waals surface area (Å²) in [6.07, 6.45) is 1.90. The summed E-state index contributed by atoms with van der Waals surface area (Å²) in [7, 11) is 0. The Bertz CT molecular complexity index is 327. The lowest BCUT2D eigenvalue weighted by Crippen LogP contribution is -2.53. The number of carboxylic acid groups (broad SMARTS) is 1. The van der Waals surface area contributed by atoms with Gasteiger partial charge in [-0.3, -0.25) is 4.79 Å². The number of carbonyl (C=O) groups excluding carboxylic acids is 1. The van der Waals surface area contributed by atoms with Gasteiger partial charge in [-0.15, -0.1) is 0 Å². The molecule has 5 nitrogen and oxygen atoms in total. The summed E-state index contributed by atoms with van der Waals surface area (Å²) in [5, 5.41) is 11.6. The van der Waals surface area contributed by atoms with E-state index in [0.717, 1.165) is 25.9 Å². The van der Waals surface area contributed by atoms with Gasteiger partial charge >= 0.3 is 12.0 Å². The van der Waals surface area contributed by atoms with Gasteiger partial charge in [-0.05, 0) is 32.1 Å². The number of carbonyl (C=O) groups is 2. The second-order valence-electron chi connectivity index (χ2n) is 6.54. The maximum Gasteiger partial charge on any atom is 0.317 e. The molecule has 0 spiro atoms.